The van der Waals surface area contributed by atoms with E-state index in [1.54, 1.807) is 0 Å². The quantitative estimate of drug-likeness (QED) is 0.0366. The zero-order valence-electron chi connectivity index (χ0n) is 33.3. The molecule has 0 N–H and O–H groups in total. The van der Waals surface area contributed by atoms with E-state index in [-0.39, 0.29) is 31.1 Å². The molecular weight excluding hydrogens is 612 g/mol. The predicted octanol–water partition coefficient (Wildman–Crippen LogP) is 13.0. The monoisotopic (exact) mass is 695 g/mol. The topological polar surface area (TPSA) is 78.9 Å². The van der Waals surface area contributed by atoms with Gasteiger partial charge < -0.3 is 14.2 Å². The highest BCUT2D eigenvalue weighted by molar-refractivity contribution is 5.71. The molecule has 49 heavy (non-hydrogen) atoms. The van der Waals surface area contributed by atoms with Gasteiger partial charge in [-0.15, -0.1) is 0 Å². The van der Waals surface area contributed by atoms with Gasteiger partial charge in [-0.3, -0.25) is 14.4 Å². The molecule has 0 aliphatic carbocycles. The molecule has 0 saturated heterocycles. The summed E-state index contributed by atoms with van der Waals surface area (Å²) in [4.78, 5) is 37.5. The molecule has 0 aliphatic rings. The maximum Gasteiger partial charge on any atom is 0.306 e. The molecule has 0 bridgehead atoms. The van der Waals surface area contributed by atoms with Gasteiger partial charge in [-0.2, -0.15) is 0 Å². The number of carbonyl (C=O) groups excluding carboxylic acids is 3. The van der Waals surface area contributed by atoms with Gasteiger partial charge >= 0.3 is 17.9 Å². The van der Waals surface area contributed by atoms with Gasteiger partial charge in [-0.25, -0.2) is 0 Å². The lowest BCUT2D eigenvalue weighted by Crippen LogP contribution is -2.30. The maximum absolute atomic E-state index is 12.7. The highest BCUT2D eigenvalue weighted by Gasteiger charge is 2.19. The number of unbranched alkanes of at least 4 members (excludes halogenated alkanes) is 21. The second-order valence-electron chi connectivity index (χ2n) is 15.3. The van der Waals surface area contributed by atoms with Crippen molar-refractivity contribution < 1.29 is 28.6 Å². The fourth-order valence-corrected chi connectivity index (χ4v) is 6.19. The van der Waals surface area contributed by atoms with Crippen LogP contribution in [0.4, 0.5) is 0 Å². The predicted molar refractivity (Wildman–Crippen MR) is 206 cm³/mol. The van der Waals surface area contributed by atoms with Gasteiger partial charge in [-0.05, 0) is 31.1 Å². The minimum atomic E-state index is -0.760. The molecule has 2 atom stereocenters. The lowest BCUT2D eigenvalue weighted by molar-refractivity contribution is -0.167. The first kappa shape index (κ1) is 47.4. The van der Waals surface area contributed by atoms with E-state index in [4.69, 9.17) is 14.2 Å². The molecule has 1 unspecified atom stereocenters. The van der Waals surface area contributed by atoms with Crippen molar-refractivity contribution in [1.29, 1.82) is 0 Å². The number of esters is 3. The Bertz CT molecular complexity index is 751. The summed E-state index contributed by atoms with van der Waals surface area (Å²) in [6, 6.07) is 0. The minimum Gasteiger partial charge on any atom is -0.462 e. The fraction of sp³-hybridized carbons (Fsp3) is 0.930. The summed E-state index contributed by atoms with van der Waals surface area (Å²) in [6.45, 7) is 11.2. The van der Waals surface area contributed by atoms with E-state index >= 15 is 0 Å². The van der Waals surface area contributed by atoms with Gasteiger partial charge in [0.15, 0.2) is 6.10 Å². The molecule has 0 fully saturated rings. The highest BCUT2D eigenvalue weighted by Crippen LogP contribution is 2.16. The molecule has 6 heteroatoms. The van der Waals surface area contributed by atoms with Crippen molar-refractivity contribution in [2.24, 2.45) is 11.8 Å². The van der Waals surface area contributed by atoms with Crippen LogP contribution in [0.5, 0.6) is 0 Å². The zero-order chi connectivity index (χ0) is 36.2. The lowest BCUT2D eigenvalue weighted by Gasteiger charge is -2.18. The molecule has 0 aliphatic heterocycles. The normalized spacial score (nSPS) is 12.6. The minimum absolute atomic E-state index is 0.0672. The molecule has 0 amide bonds. The third kappa shape index (κ3) is 36.0. The van der Waals surface area contributed by atoms with Crippen molar-refractivity contribution in [1.82, 2.24) is 0 Å². The fourth-order valence-electron chi connectivity index (χ4n) is 6.19. The Hall–Kier alpha value is -1.59. The Morgan fingerprint density at radius 3 is 1.16 bits per heavy atom. The second-order valence-corrected chi connectivity index (χ2v) is 15.3. The molecule has 0 aromatic rings. The van der Waals surface area contributed by atoms with Gasteiger partial charge in [-0.1, -0.05) is 189 Å². The molecule has 290 valence electrons. The highest BCUT2D eigenvalue weighted by atomic mass is 16.6. The zero-order valence-corrected chi connectivity index (χ0v) is 33.3. The van der Waals surface area contributed by atoms with E-state index in [2.05, 4.69) is 34.6 Å². The standard InChI is InChI=1S/C43H82O6/c1-6-8-9-10-11-12-13-14-15-16-25-30-35-43(46)49-40(36-47-41(44)33-28-23-19-17-21-26-31-38(3)4)37-48-42(45)34-29-24-20-18-22-27-32-39(5)7-2/h38-40H,6-37H2,1-5H3/t39?,40-/m0/s1. The van der Waals surface area contributed by atoms with Gasteiger partial charge in [0, 0.05) is 19.3 Å². The van der Waals surface area contributed by atoms with Gasteiger partial charge in [0.1, 0.15) is 13.2 Å². The van der Waals surface area contributed by atoms with E-state index in [1.165, 1.54) is 116 Å². The van der Waals surface area contributed by atoms with E-state index in [9.17, 15) is 14.4 Å². The van der Waals surface area contributed by atoms with Crippen LogP contribution in [0.1, 0.15) is 227 Å². The van der Waals surface area contributed by atoms with Crippen LogP contribution in [-0.2, 0) is 28.6 Å². The SMILES string of the molecule is CCCCCCCCCCCCCCC(=O)O[C@@H](COC(=O)CCCCCCCCC(C)C)COC(=O)CCCCCCCCC(C)CC. The summed E-state index contributed by atoms with van der Waals surface area (Å²) in [5.74, 6) is 0.709. The molecular formula is C43H82O6. The Balaban J connectivity index is 4.36. The van der Waals surface area contributed by atoms with Crippen LogP contribution in [0.2, 0.25) is 0 Å². The van der Waals surface area contributed by atoms with Crippen LogP contribution in [-0.4, -0.2) is 37.2 Å². The average Bonchev–Trinajstić information content (AvgIpc) is 3.08. The first-order valence-corrected chi connectivity index (χ1v) is 21.3. The molecule has 6 nitrogen and oxygen atoms in total. The molecule has 0 saturated carbocycles. The third-order valence-corrected chi connectivity index (χ3v) is 9.83. The van der Waals surface area contributed by atoms with Gasteiger partial charge in [0.05, 0.1) is 0 Å². The third-order valence-electron chi connectivity index (χ3n) is 9.83. The number of rotatable bonds is 37. The molecule has 0 radical (unpaired) electrons. The summed E-state index contributed by atoms with van der Waals surface area (Å²) in [5, 5.41) is 0. The summed E-state index contributed by atoms with van der Waals surface area (Å²) in [6.07, 6.45) is 32.4. The lowest BCUT2D eigenvalue weighted by atomic mass is 10.00. The summed E-state index contributed by atoms with van der Waals surface area (Å²) in [7, 11) is 0. The Morgan fingerprint density at radius 2 is 0.776 bits per heavy atom. The van der Waals surface area contributed by atoms with Crippen LogP contribution < -0.4 is 0 Å². The van der Waals surface area contributed by atoms with E-state index < -0.39 is 6.10 Å². The van der Waals surface area contributed by atoms with Crippen molar-refractivity contribution in [3.63, 3.8) is 0 Å². The van der Waals surface area contributed by atoms with Crippen LogP contribution in [0.15, 0.2) is 0 Å². The number of hydrogen-bond acceptors (Lipinski definition) is 6. The summed E-state index contributed by atoms with van der Waals surface area (Å²) < 4.78 is 16.6. The van der Waals surface area contributed by atoms with Crippen LogP contribution in [0.3, 0.4) is 0 Å². The molecule has 0 rings (SSSR count). The molecule has 0 spiro atoms. The average molecular weight is 695 g/mol. The summed E-state index contributed by atoms with van der Waals surface area (Å²) in [5.41, 5.74) is 0. The van der Waals surface area contributed by atoms with Gasteiger partial charge in [0.25, 0.3) is 0 Å². The largest absolute Gasteiger partial charge is 0.462 e. The molecule has 0 heterocycles. The van der Waals surface area contributed by atoms with Crippen molar-refractivity contribution in [3.05, 3.63) is 0 Å². The van der Waals surface area contributed by atoms with Gasteiger partial charge in [0.2, 0.25) is 0 Å². The first-order valence-electron chi connectivity index (χ1n) is 21.3. The second kappa shape index (κ2) is 36.2. The van der Waals surface area contributed by atoms with Crippen molar-refractivity contribution in [2.45, 2.75) is 233 Å². The first-order chi connectivity index (χ1) is 23.8. The van der Waals surface area contributed by atoms with E-state index in [0.29, 0.717) is 19.3 Å². The smallest absolute Gasteiger partial charge is 0.306 e. The number of hydrogen-bond donors (Lipinski definition) is 0. The Kier molecular flexibility index (Phi) is 35.0. The van der Waals surface area contributed by atoms with Crippen LogP contribution in [0.25, 0.3) is 0 Å². The molecule has 0 aromatic carbocycles. The Morgan fingerprint density at radius 1 is 0.429 bits per heavy atom. The van der Waals surface area contributed by atoms with E-state index in [1.807, 2.05) is 0 Å². The number of ether oxygens (including phenoxy) is 3. The van der Waals surface area contributed by atoms with Crippen LogP contribution in [0, 0.1) is 11.8 Å². The van der Waals surface area contributed by atoms with Crippen molar-refractivity contribution in [2.75, 3.05) is 13.2 Å². The molecule has 0 aromatic heterocycles. The maximum atomic E-state index is 12.7. The summed E-state index contributed by atoms with van der Waals surface area (Å²) >= 11 is 0. The van der Waals surface area contributed by atoms with Crippen molar-refractivity contribution in [3.8, 4) is 0 Å². The van der Waals surface area contributed by atoms with Crippen LogP contribution >= 0.6 is 0 Å². The van der Waals surface area contributed by atoms with E-state index in [0.717, 1.165) is 69.6 Å². The Labute approximate surface area is 304 Å². The number of carbonyl (C=O) groups is 3. The van der Waals surface area contributed by atoms with Crippen molar-refractivity contribution >= 4 is 17.9 Å².